The molecule has 2 heterocycles. The van der Waals surface area contributed by atoms with E-state index in [2.05, 4.69) is 26.3 Å². The van der Waals surface area contributed by atoms with Crippen LogP contribution in [0.3, 0.4) is 0 Å². The fraction of sp³-hybridized carbons (Fsp3) is 0.429. The first-order valence-electron chi connectivity index (χ1n) is 6.53. The predicted molar refractivity (Wildman–Crippen MR) is 85.4 cm³/mol. The summed E-state index contributed by atoms with van der Waals surface area (Å²) in [5.41, 5.74) is 2.13. The topological polar surface area (TPSA) is 46.9 Å². The molecule has 0 saturated carbocycles. The highest BCUT2D eigenvalue weighted by atomic mass is 79.9. The van der Waals surface area contributed by atoms with E-state index < -0.39 is 0 Å². The van der Waals surface area contributed by atoms with Gasteiger partial charge in [-0.3, -0.25) is 9.48 Å². The monoisotopic (exact) mass is 355 g/mol. The van der Waals surface area contributed by atoms with Gasteiger partial charge in [0.2, 0.25) is 0 Å². The molecule has 0 aliphatic carbocycles. The third kappa shape index (κ3) is 3.49. The van der Waals surface area contributed by atoms with E-state index in [4.69, 9.17) is 0 Å². The first-order chi connectivity index (χ1) is 9.49. The summed E-state index contributed by atoms with van der Waals surface area (Å²) in [6, 6.07) is 3.83. The van der Waals surface area contributed by atoms with Crippen molar-refractivity contribution in [1.29, 1.82) is 0 Å². The van der Waals surface area contributed by atoms with Crippen molar-refractivity contribution in [3.8, 4) is 0 Å². The van der Waals surface area contributed by atoms with Crippen molar-refractivity contribution in [3.63, 3.8) is 0 Å². The van der Waals surface area contributed by atoms with Crippen LogP contribution in [0.5, 0.6) is 0 Å². The van der Waals surface area contributed by atoms with Gasteiger partial charge < -0.3 is 5.32 Å². The molecule has 20 heavy (non-hydrogen) atoms. The molecular formula is C14H18BrN3OS. The lowest BCUT2D eigenvalue weighted by Crippen LogP contribution is -2.24. The lowest BCUT2D eigenvalue weighted by atomic mass is 10.3. The van der Waals surface area contributed by atoms with Crippen molar-refractivity contribution in [2.24, 2.45) is 0 Å². The summed E-state index contributed by atoms with van der Waals surface area (Å²) in [7, 11) is 0. The van der Waals surface area contributed by atoms with Gasteiger partial charge in [0.15, 0.2) is 0 Å². The maximum absolute atomic E-state index is 11.9. The number of carbonyl (C=O) groups is 1. The molecule has 1 amide bonds. The fourth-order valence-electron chi connectivity index (χ4n) is 1.97. The molecular weight excluding hydrogens is 338 g/mol. The second-order valence-electron chi connectivity index (χ2n) is 4.73. The minimum Gasteiger partial charge on any atom is -0.351 e. The van der Waals surface area contributed by atoms with Crippen molar-refractivity contribution in [2.75, 3.05) is 6.54 Å². The van der Waals surface area contributed by atoms with Crippen LogP contribution in [-0.2, 0) is 6.54 Å². The molecule has 6 heteroatoms. The molecule has 0 unspecified atom stereocenters. The number of nitrogens with zero attached hydrogens (tertiary/aromatic N) is 2. The fourth-order valence-corrected chi connectivity index (χ4v) is 3.04. The molecule has 0 saturated heterocycles. The van der Waals surface area contributed by atoms with Gasteiger partial charge >= 0.3 is 0 Å². The Morgan fingerprint density at radius 2 is 2.15 bits per heavy atom. The number of halogens is 1. The van der Waals surface area contributed by atoms with Crippen LogP contribution in [0.2, 0.25) is 0 Å². The van der Waals surface area contributed by atoms with E-state index in [1.54, 1.807) is 0 Å². The zero-order valence-corrected chi connectivity index (χ0v) is 14.3. The molecule has 0 aromatic carbocycles. The van der Waals surface area contributed by atoms with Gasteiger partial charge in [-0.05, 0) is 55.3 Å². The van der Waals surface area contributed by atoms with Crippen LogP contribution in [0.25, 0.3) is 0 Å². The van der Waals surface area contributed by atoms with Gasteiger partial charge in [0.05, 0.1) is 15.0 Å². The quantitative estimate of drug-likeness (QED) is 0.834. The Kier molecular flexibility index (Phi) is 4.99. The number of aromatic nitrogens is 2. The van der Waals surface area contributed by atoms with Crippen LogP contribution < -0.4 is 5.32 Å². The molecule has 0 fully saturated rings. The summed E-state index contributed by atoms with van der Waals surface area (Å²) in [6.07, 6.45) is 0.866. The molecule has 108 valence electrons. The SMILES string of the molecule is Cc1ccc(C(=O)NCCCn2nc(C)c(Br)c2C)s1. The van der Waals surface area contributed by atoms with Crippen molar-refractivity contribution >= 4 is 33.2 Å². The predicted octanol–water partition coefficient (Wildman–Crippen LogP) is 3.45. The Hall–Kier alpha value is -1.14. The van der Waals surface area contributed by atoms with Gasteiger partial charge in [-0.1, -0.05) is 0 Å². The first-order valence-corrected chi connectivity index (χ1v) is 8.14. The third-order valence-electron chi connectivity index (χ3n) is 3.09. The number of nitrogens with one attached hydrogen (secondary N) is 1. The van der Waals surface area contributed by atoms with Crippen LogP contribution >= 0.6 is 27.3 Å². The van der Waals surface area contributed by atoms with E-state index in [1.807, 2.05) is 37.6 Å². The Morgan fingerprint density at radius 1 is 1.40 bits per heavy atom. The molecule has 4 nitrogen and oxygen atoms in total. The second-order valence-corrected chi connectivity index (χ2v) is 6.81. The van der Waals surface area contributed by atoms with Crippen molar-refractivity contribution in [2.45, 2.75) is 33.7 Å². The molecule has 0 spiro atoms. The first kappa shape index (κ1) is 15.3. The molecule has 0 bridgehead atoms. The molecule has 2 aromatic rings. The van der Waals surface area contributed by atoms with Crippen LogP contribution in [0.1, 0.15) is 32.4 Å². The Balaban J connectivity index is 1.79. The number of rotatable bonds is 5. The zero-order valence-electron chi connectivity index (χ0n) is 11.9. The minimum absolute atomic E-state index is 0.0117. The summed E-state index contributed by atoms with van der Waals surface area (Å²) < 4.78 is 3.04. The largest absolute Gasteiger partial charge is 0.351 e. The van der Waals surface area contributed by atoms with Crippen LogP contribution in [0.4, 0.5) is 0 Å². The minimum atomic E-state index is 0.0117. The number of aryl methyl sites for hydroxylation is 3. The zero-order chi connectivity index (χ0) is 14.7. The normalized spacial score (nSPS) is 10.8. The van der Waals surface area contributed by atoms with Gasteiger partial charge in [0.1, 0.15) is 0 Å². The lowest BCUT2D eigenvalue weighted by Gasteiger charge is -2.06. The Bertz CT molecular complexity index is 618. The smallest absolute Gasteiger partial charge is 0.261 e. The number of carbonyl (C=O) groups excluding carboxylic acids is 1. The van der Waals surface area contributed by atoms with E-state index in [-0.39, 0.29) is 5.91 Å². The molecule has 0 aliphatic rings. The maximum Gasteiger partial charge on any atom is 0.261 e. The standard InChI is InChI=1S/C14H18BrN3OS/c1-9-5-6-12(20-9)14(19)16-7-4-8-18-11(3)13(15)10(2)17-18/h5-6H,4,7-8H2,1-3H3,(H,16,19). The Labute approximate surface area is 131 Å². The lowest BCUT2D eigenvalue weighted by molar-refractivity contribution is 0.0956. The molecule has 0 atom stereocenters. The molecule has 0 aliphatic heterocycles. The number of hydrogen-bond donors (Lipinski definition) is 1. The van der Waals surface area contributed by atoms with Crippen molar-refractivity contribution < 1.29 is 4.79 Å². The molecule has 2 aromatic heterocycles. The van der Waals surface area contributed by atoms with E-state index in [0.717, 1.165) is 38.6 Å². The van der Waals surface area contributed by atoms with E-state index >= 15 is 0 Å². The average molecular weight is 356 g/mol. The van der Waals surface area contributed by atoms with Gasteiger partial charge in [-0.2, -0.15) is 5.10 Å². The number of amides is 1. The summed E-state index contributed by atoms with van der Waals surface area (Å²) >= 11 is 5.04. The van der Waals surface area contributed by atoms with Gasteiger partial charge in [-0.25, -0.2) is 0 Å². The van der Waals surface area contributed by atoms with E-state index in [1.165, 1.54) is 11.3 Å². The summed E-state index contributed by atoms with van der Waals surface area (Å²) in [5.74, 6) is 0.0117. The highest BCUT2D eigenvalue weighted by molar-refractivity contribution is 9.10. The van der Waals surface area contributed by atoms with Gasteiger partial charge in [-0.15, -0.1) is 11.3 Å². The maximum atomic E-state index is 11.9. The van der Waals surface area contributed by atoms with Gasteiger partial charge in [0.25, 0.3) is 5.91 Å². The summed E-state index contributed by atoms with van der Waals surface area (Å²) in [6.45, 7) is 7.49. The number of hydrogen-bond acceptors (Lipinski definition) is 3. The van der Waals surface area contributed by atoms with E-state index in [0.29, 0.717) is 6.54 Å². The molecule has 0 radical (unpaired) electrons. The van der Waals surface area contributed by atoms with Gasteiger partial charge in [0, 0.05) is 23.7 Å². The highest BCUT2D eigenvalue weighted by Crippen LogP contribution is 2.19. The van der Waals surface area contributed by atoms with E-state index in [9.17, 15) is 4.79 Å². The third-order valence-corrected chi connectivity index (χ3v) is 5.24. The second kappa shape index (κ2) is 6.54. The van der Waals surface area contributed by atoms with Crippen molar-refractivity contribution in [3.05, 3.63) is 37.7 Å². The average Bonchev–Trinajstić information content (AvgIpc) is 2.95. The van der Waals surface area contributed by atoms with Crippen LogP contribution in [-0.4, -0.2) is 22.2 Å². The highest BCUT2D eigenvalue weighted by Gasteiger charge is 2.09. The van der Waals surface area contributed by atoms with Crippen LogP contribution in [0, 0.1) is 20.8 Å². The molecule has 1 N–H and O–H groups in total. The molecule has 2 rings (SSSR count). The van der Waals surface area contributed by atoms with Crippen molar-refractivity contribution in [1.82, 2.24) is 15.1 Å². The Morgan fingerprint density at radius 3 is 2.70 bits per heavy atom. The summed E-state index contributed by atoms with van der Waals surface area (Å²) in [5, 5.41) is 7.39. The van der Waals surface area contributed by atoms with Crippen LogP contribution in [0.15, 0.2) is 16.6 Å². The number of thiophene rings is 1. The summed E-state index contributed by atoms with van der Waals surface area (Å²) in [4.78, 5) is 13.8.